The fourth-order valence-corrected chi connectivity index (χ4v) is 2.27. The molecule has 5 nitrogen and oxygen atoms in total. The first kappa shape index (κ1) is 19.9. The van der Waals surface area contributed by atoms with Crippen LogP contribution in [-0.2, 0) is 4.74 Å². The first-order valence-electron chi connectivity index (χ1n) is 8.32. The van der Waals surface area contributed by atoms with E-state index in [1.807, 2.05) is 13.0 Å². The summed E-state index contributed by atoms with van der Waals surface area (Å²) >= 11 is 0. The second-order valence-corrected chi connectivity index (χ2v) is 6.39. The smallest absolute Gasteiger partial charge is 0.115 e. The number of aliphatic hydroxyl groups excluding tert-OH is 2. The Morgan fingerprint density at radius 3 is 2.74 bits per heavy atom. The predicted octanol–water partition coefficient (Wildman–Crippen LogP) is 2.21. The van der Waals surface area contributed by atoms with Crippen molar-refractivity contribution >= 4 is 0 Å². The molecule has 1 fully saturated rings. The van der Waals surface area contributed by atoms with Crippen LogP contribution in [0.3, 0.4) is 0 Å². The van der Waals surface area contributed by atoms with Crippen LogP contribution in [0.1, 0.15) is 39.0 Å². The lowest BCUT2D eigenvalue weighted by Gasteiger charge is -2.32. The molecule has 0 aromatic rings. The van der Waals surface area contributed by atoms with Gasteiger partial charge in [0.05, 0.1) is 19.3 Å². The third kappa shape index (κ3) is 7.79. The average Bonchev–Trinajstić information content (AvgIpc) is 3.33. The third-order valence-corrected chi connectivity index (χ3v) is 4.04. The topological polar surface area (TPSA) is 95.9 Å². The Morgan fingerprint density at radius 2 is 2.17 bits per heavy atom. The summed E-state index contributed by atoms with van der Waals surface area (Å²) in [5, 5.41) is 29.7. The largest absolute Gasteiger partial charge is 0.508 e. The minimum absolute atomic E-state index is 0.0615. The molecule has 1 aliphatic rings. The van der Waals surface area contributed by atoms with Gasteiger partial charge in [0.25, 0.3) is 0 Å². The maximum Gasteiger partial charge on any atom is 0.115 e. The van der Waals surface area contributed by atoms with E-state index < -0.39 is 18.2 Å². The molecule has 1 rings (SSSR count). The quantitative estimate of drug-likeness (QED) is 0.251. The van der Waals surface area contributed by atoms with E-state index in [0.29, 0.717) is 12.2 Å². The SMILES string of the molecule is C=C(/C=C(O)\C=C/CC)C[C@](O)(CO)C(N)COCCC1CC1. The van der Waals surface area contributed by atoms with Gasteiger partial charge in [-0.25, -0.2) is 0 Å². The minimum Gasteiger partial charge on any atom is -0.508 e. The van der Waals surface area contributed by atoms with Crippen molar-refractivity contribution in [3.8, 4) is 0 Å². The molecule has 132 valence electrons. The van der Waals surface area contributed by atoms with Crippen LogP contribution >= 0.6 is 0 Å². The normalized spacial score (nSPS) is 19.7. The molecule has 23 heavy (non-hydrogen) atoms. The van der Waals surface area contributed by atoms with Gasteiger partial charge in [0.15, 0.2) is 0 Å². The van der Waals surface area contributed by atoms with Crippen LogP contribution in [-0.4, -0.2) is 46.8 Å². The fraction of sp³-hybridized carbons (Fsp3) is 0.667. The number of aliphatic hydroxyl groups is 3. The summed E-state index contributed by atoms with van der Waals surface area (Å²) in [4.78, 5) is 0. The van der Waals surface area contributed by atoms with Gasteiger partial charge < -0.3 is 25.8 Å². The molecule has 1 unspecified atom stereocenters. The molecule has 5 N–H and O–H groups in total. The number of allylic oxidation sites excluding steroid dienone is 3. The molecule has 0 aliphatic heterocycles. The predicted molar refractivity (Wildman–Crippen MR) is 92.1 cm³/mol. The second kappa shape index (κ2) is 9.88. The molecule has 5 heteroatoms. The van der Waals surface area contributed by atoms with E-state index >= 15 is 0 Å². The van der Waals surface area contributed by atoms with E-state index in [2.05, 4.69) is 6.58 Å². The molecule has 0 bridgehead atoms. The van der Waals surface area contributed by atoms with Crippen LogP contribution in [0, 0.1) is 5.92 Å². The van der Waals surface area contributed by atoms with Crippen LogP contribution in [0.15, 0.2) is 36.1 Å². The van der Waals surface area contributed by atoms with Gasteiger partial charge in [-0.05, 0) is 36.5 Å². The van der Waals surface area contributed by atoms with E-state index in [9.17, 15) is 15.3 Å². The first-order valence-corrected chi connectivity index (χ1v) is 8.32. The Bertz CT molecular complexity index is 429. The summed E-state index contributed by atoms with van der Waals surface area (Å²) in [7, 11) is 0. The highest BCUT2D eigenvalue weighted by Gasteiger charge is 2.34. The van der Waals surface area contributed by atoms with Gasteiger partial charge in [0.1, 0.15) is 11.4 Å². The Hall–Kier alpha value is -1.14. The Morgan fingerprint density at radius 1 is 1.48 bits per heavy atom. The van der Waals surface area contributed by atoms with Crippen molar-refractivity contribution in [1.82, 2.24) is 0 Å². The number of rotatable bonds is 12. The molecule has 0 radical (unpaired) electrons. The van der Waals surface area contributed by atoms with Crippen molar-refractivity contribution in [2.45, 2.75) is 50.7 Å². The summed E-state index contributed by atoms with van der Waals surface area (Å²) in [6, 6.07) is -0.717. The van der Waals surface area contributed by atoms with Gasteiger partial charge in [-0.3, -0.25) is 0 Å². The van der Waals surface area contributed by atoms with E-state index in [1.54, 1.807) is 6.08 Å². The van der Waals surface area contributed by atoms with Crippen molar-refractivity contribution in [1.29, 1.82) is 0 Å². The third-order valence-electron chi connectivity index (χ3n) is 4.04. The van der Waals surface area contributed by atoms with Gasteiger partial charge in [-0.1, -0.05) is 32.4 Å². The lowest BCUT2D eigenvalue weighted by Crippen LogP contribution is -2.53. The lowest BCUT2D eigenvalue weighted by molar-refractivity contribution is -0.0557. The fourth-order valence-electron chi connectivity index (χ4n) is 2.27. The lowest BCUT2D eigenvalue weighted by atomic mass is 9.88. The molecular weight excluding hydrogens is 294 g/mol. The van der Waals surface area contributed by atoms with Gasteiger partial charge in [-0.15, -0.1) is 0 Å². The zero-order chi connectivity index (χ0) is 17.3. The molecular formula is C18H31NO4. The number of ether oxygens (including phenoxy) is 1. The van der Waals surface area contributed by atoms with Crippen LogP contribution in [0.5, 0.6) is 0 Å². The molecule has 0 aromatic heterocycles. The van der Waals surface area contributed by atoms with Crippen LogP contribution in [0.4, 0.5) is 0 Å². The Kier molecular flexibility index (Phi) is 8.55. The van der Waals surface area contributed by atoms with Gasteiger partial charge in [-0.2, -0.15) is 0 Å². The van der Waals surface area contributed by atoms with Crippen LogP contribution < -0.4 is 5.73 Å². The van der Waals surface area contributed by atoms with Crippen molar-refractivity contribution < 1.29 is 20.1 Å². The molecule has 0 aromatic carbocycles. The van der Waals surface area contributed by atoms with Crippen molar-refractivity contribution in [2.75, 3.05) is 19.8 Å². The Labute approximate surface area is 139 Å². The number of hydrogen-bond acceptors (Lipinski definition) is 5. The number of hydrogen-bond donors (Lipinski definition) is 4. The van der Waals surface area contributed by atoms with Crippen molar-refractivity contribution in [2.24, 2.45) is 11.7 Å². The van der Waals surface area contributed by atoms with E-state index in [1.165, 1.54) is 18.9 Å². The minimum atomic E-state index is -1.51. The second-order valence-electron chi connectivity index (χ2n) is 6.39. The molecule has 0 spiro atoms. The Balaban J connectivity index is 2.46. The molecule has 0 amide bonds. The van der Waals surface area contributed by atoms with Gasteiger partial charge >= 0.3 is 0 Å². The summed E-state index contributed by atoms with van der Waals surface area (Å²) in [6.45, 7) is 6.10. The summed E-state index contributed by atoms with van der Waals surface area (Å²) in [5.41, 5.74) is 4.96. The van der Waals surface area contributed by atoms with E-state index in [0.717, 1.165) is 18.8 Å². The summed E-state index contributed by atoms with van der Waals surface area (Å²) in [5.74, 6) is 0.846. The summed E-state index contributed by atoms with van der Waals surface area (Å²) < 4.78 is 5.51. The van der Waals surface area contributed by atoms with Gasteiger partial charge in [0.2, 0.25) is 0 Å². The maximum atomic E-state index is 10.5. The monoisotopic (exact) mass is 325 g/mol. The van der Waals surface area contributed by atoms with Crippen molar-refractivity contribution in [3.05, 3.63) is 36.1 Å². The molecule has 0 saturated heterocycles. The van der Waals surface area contributed by atoms with Gasteiger partial charge in [0, 0.05) is 13.0 Å². The number of nitrogens with two attached hydrogens (primary N) is 1. The highest BCUT2D eigenvalue weighted by molar-refractivity contribution is 5.25. The first-order chi connectivity index (χ1) is 10.9. The maximum absolute atomic E-state index is 10.5. The van der Waals surface area contributed by atoms with Crippen LogP contribution in [0.25, 0.3) is 0 Å². The average molecular weight is 325 g/mol. The molecule has 1 aliphatic carbocycles. The van der Waals surface area contributed by atoms with Crippen LogP contribution in [0.2, 0.25) is 0 Å². The standard InChI is InChI=1S/C18H31NO4/c1-3-4-5-16(21)10-14(2)11-18(22,13-20)17(19)12-23-9-8-15-6-7-15/h4-5,10,15,17,20-22H,2-3,6-9,11-13,19H2,1H3/b5-4-,16-10+/t17?,18-/m0/s1. The highest BCUT2D eigenvalue weighted by Crippen LogP contribution is 2.32. The molecule has 0 heterocycles. The van der Waals surface area contributed by atoms with Crippen molar-refractivity contribution in [3.63, 3.8) is 0 Å². The molecule has 2 atom stereocenters. The van der Waals surface area contributed by atoms with E-state index in [4.69, 9.17) is 10.5 Å². The zero-order valence-corrected chi connectivity index (χ0v) is 14.1. The highest BCUT2D eigenvalue weighted by atomic mass is 16.5. The van der Waals surface area contributed by atoms with E-state index in [-0.39, 0.29) is 18.8 Å². The zero-order valence-electron chi connectivity index (χ0n) is 14.1. The summed E-state index contributed by atoms with van der Waals surface area (Å²) in [6.07, 6.45) is 9.32. The molecule has 1 saturated carbocycles.